The van der Waals surface area contributed by atoms with Gasteiger partial charge in [0.25, 0.3) is 0 Å². The number of amidine groups is 1. The van der Waals surface area contributed by atoms with E-state index in [-0.39, 0.29) is 0 Å². The minimum atomic E-state index is 0.476. The Balaban J connectivity index is 1.86. The first-order chi connectivity index (χ1) is 12.1. The van der Waals surface area contributed by atoms with E-state index in [9.17, 15) is 0 Å². The Morgan fingerprint density at radius 2 is 2.04 bits per heavy atom. The highest BCUT2D eigenvalue weighted by molar-refractivity contribution is 8.14. The van der Waals surface area contributed by atoms with Crippen LogP contribution in [0.15, 0.2) is 47.5 Å². The topological polar surface area (TPSA) is 24.8 Å². The maximum Gasteiger partial charge on any atom is 0.165 e. The molecule has 0 spiro atoms. The van der Waals surface area contributed by atoms with E-state index in [1.807, 2.05) is 37.3 Å². The van der Waals surface area contributed by atoms with Gasteiger partial charge in [-0.3, -0.25) is 0 Å². The van der Waals surface area contributed by atoms with E-state index in [0.29, 0.717) is 21.9 Å². The zero-order valence-electron chi connectivity index (χ0n) is 14.2. The molecule has 0 bridgehead atoms. The number of rotatable bonds is 5. The maximum absolute atomic E-state index is 6.28. The van der Waals surface area contributed by atoms with Gasteiger partial charge in [-0.05, 0) is 31.2 Å². The summed E-state index contributed by atoms with van der Waals surface area (Å²) in [5.74, 6) is 0.929. The Hall–Kier alpha value is -1.36. The molecule has 25 heavy (non-hydrogen) atoms. The van der Waals surface area contributed by atoms with E-state index >= 15 is 0 Å². The molecule has 1 saturated heterocycles. The number of thioether (sulfide) groups is 1. The number of nitrogens with zero attached hydrogens (tertiary/aromatic N) is 2. The highest BCUT2D eigenvalue weighted by Crippen LogP contribution is 2.34. The molecule has 3 rings (SSSR count). The van der Waals surface area contributed by atoms with Gasteiger partial charge in [-0.25, -0.2) is 4.99 Å². The molecule has 1 atom stereocenters. The first-order valence-electron chi connectivity index (χ1n) is 8.23. The van der Waals surface area contributed by atoms with E-state index in [1.54, 1.807) is 17.8 Å². The summed E-state index contributed by atoms with van der Waals surface area (Å²) in [7, 11) is 0. The van der Waals surface area contributed by atoms with Gasteiger partial charge in [0.05, 0.1) is 17.3 Å². The number of benzene rings is 2. The van der Waals surface area contributed by atoms with E-state index in [0.717, 1.165) is 35.3 Å². The predicted molar refractivity (Wildman–Crippen MR) is 109 cm³/mol. The van der Waals surface area contributed by atoms with Crippen molar-refractivity contribution in [2.45, 2.75) is 25.6 Å². The van der Waals surface area contributed by atoms with Crippen LogP contribution in [-0.4, -0.2) is 28.5 Å². The zero-order valence-corrected chi connectivity index (χ0v) is 16.5. The first-order valence-corrected chi connectivity index (χ1v) is 9.86. The molecule has 2 aromatic carbocycles. The Morgan fingerprint density at radius 3 is 2.80 bits per heavy atom. The molecular weight excluding hydrogens is 375 g/mol. The molecule has 1 aliphatic heterocycles. The molecule has 0 aromatic heterocycles. The van der Waals surface area contributed by atoms with Crippen LogP contribution in [0, 0.1) is 0 Å². The van der Waals surface area contributed by atoms with Gasteiger partial charge in [-0.1, -0.05) is 60.1 Å². The van der Waals surface area contributed by atoms with Crippen LogP contribution in [-0.2, 0) is 6.54 Å². The molecule has 0 aliphatic carbocycles. The predicted octanol–water partition coefficient (Wildman–Crippen LogP) is 6.02. The molecule has 0 unspecified atom stereocenters. The standard InChI is InChI=1S/C19H20Cl2N2OS/c1-3-24-18-7-5-4-6-14(18)12-23-11-13(2)25-19(23)22-17-9-8-15(20)10-16(17)21/h4-10,13H,3,11-12H2,1-2H3/t13-/m0/s1. The molecule has 1 heterocycles. The van der Waals surface area contributed by atoms with Gasteiger partial charge in [-0.2, -0.15) is 0 Å². The number of halogens is 2. The molecule has 1 fully saturated rings. The lowest BCUT2D eigenvalue weighted by molar-refractivity contribution is 0.329. The van der Waals surface area contributed by atoms with Gasteiger partial charge in [-0.15, -0.1) is 0 Å². The second-order valence-electron chi connectivity index (χ2n) is 5.84. The summed E-state index contributed by atoms with van der Waals surface area (Å²) >= 11 is 14.0. The molecule has 3 nitrogen and oxygen atoms in total. The Kier molecular flexibility index (Phi) is 6.15. The zero-order chi connectivity index (χ0) is 17.8. The molecule has 0 N–H and O–H groups in total. The van der Waals surface area contributed by atoms with Crippen molar-refractivity contribution in [3.8, 4) is 5.75 Å². The van der Waals surface area contributed by atoms with Crippen LogP contribution in [0.1, 0.15) is 19.4 Å². The van der Waals surface area contributed by atoms with Gasteiger partial charge in [0.2, 0.25) is 0 Å². The lowest BCUT2D eigenvalue weighted by Crippen LogP contribution is -2.25. The summed E-state index contributed by atoms with van der Waals surface area (Å²) in [5, 5.41) is 2.63. The van der Waals surface area contributed by atoms with Crippen LogP contribution in [0.5, 0.6) is 5.75 Å². The minimum Gasteiger partial charge on any atom is -0.494 e. The van der Waals surface area contributed by atoms with Crippen LogP contribution in [0.25, 0.3) is 0 Å². The van der Waals surface area contributed by atoms with Crippen molar-refractivity contribution in [2.75, 3.05) is 13.2 Å². The van der Waals surface area contributed by atoms with Crippen LogP contribution < -0.4 is 4.74 Å². The fourth-order valence-electron chi connectivity index (χ4n) is 2.72. The Labute approximate surface area is 163 Å². The highest BCUT2D eigenvalue weighted by atomic mass is 35.5. The maximum atomic E-state index is 6.28. The van der Waals surface area contributed by atoms with E-state index < -0.39 is 0 Å². The van der Waals surface area contributed by atoms with E-state index in [2.05, 4.69) is 17.9 Å². The number of para-hydroxylation sites is 1. The van der Waals surface area contributed by atoms with Crippen LogP contribution >= 0.6 is 35.0 Å². The van der Waals surface area contributed by atoms with Gasteiger partial charge in [0.15, 0.2) is 5.17 Å². The number of aliphatic imine (C=N–C) groups is 1. The molecule has 6 heteroatoms. The largest absolute Gasteiger partial charge is 0.494 e. The third-order valence-corrected chi connectivity index (χ3v) is 5.46. The Morgan fingerprint density at radius 1 is 1.24 bits per heavy atom. The quantitative estimate of drug-likeness (QED) is 0.619. The second kappa shape index (κ2) is 8.35. The van der Waals surface area contributed by atoms with Crippen molar-refractivity contribution in [2.24, 2.45) is 4.99 Å². The fourth-order valence-corrected chi connectivity index (χ4v) is 4.23. The number of ether oxygens (including phenoxy) is 1. The van der Waals surface area contributed by atoms with Crippen molar-refractivity contribution in [3.05, 3.63) is 58.1 Å². The molecule has 0 amide bonds. The molecule has 0 radical (unpaired) electrons. The average Bonchev–Trinajstić information content (AvgIpc) is 2.91. The number of hydrogen-bond acceptors (Lipinski definition) is 3. The van der Waals surface area contributed by atoms with Crippen LogP contribution in [0.4, 0.5) is 5.69 Å². The minimum absolute atomic E-state index is 0.476. The van der Waals surface area contributed by atoms with Gasteiger partial charge >= 0.3 is 0 Å². The van der Waals surface area contributed by atoms with Crippen molar-refractivity contribution >= 4 is 45.8 Å². The summed E-state index contributed by atoms with van der Waals surface area (Å²) in [6.07, 6.45) is 0. The van der Waals surface area contributed by atoms with Crippen LogP contribution in [0.3, 0.4) is 0 Å². The normalized spacial score (nSPS) is 18.8. The van der Waals surface area contributed by atoms with E-state index in [1.165, 1.54) is 0 Å². The monoisotopic (exact) mass is 394 g/mol. The third-order valence-electron chi connectivity index (χ3n) is 3.81. The van der Waals surface area contributed by atoms with Crippen molar-refractivity contribution < 1.29 is 4.74 Å². The highest BCUT2D eigenvalue weighted by Gasteiger charge is 2.26. The molecular formula is C19H20Cl2N2OS. The average molecular weight is 395 g/mol. The van der Waals surface area contributed by atoms with E-state index in [4.69, 9.17) is 32.9 Å². The van der Waals surface area contributed by atoms with Crippen molar-refractivity contribution in [3.63, 3.8) is 0 Å². The molecule has 2 aromatic rings. The second-order valence-corrected chi connectivity index (χ2v) is 8.09. The fraction of sp³-hybridized carbons (Fsp3) is 0.316. The molecule has 1 aliphatic rings. The smallest absolute Gasteiger partial charge is 0.165 e. The van der Waals surface area contributed by atoms with Crippen LogP contribution in [0.2, 0.25) is 10.0 Å². The summed E-state index contributed by atoms with van der Waals surface area (Å²) < 4.78 is 5.75. The first kappa shape index (κ1) is 18.4. The number of hydrogen-bond donors (Lipinski definition) is 0. The lowest BCUT2D eigenvalue weighted by Gasteiger charge is -2.20. The van der Waals surface area contributed by atoms with Gasteiger partial charge in [0.1, 0.15) is 5.75 Å². The van der Waals surface area contributed by atoms with Crippen molar-refractivity contribution in [1.29, 1.82) is 0 Å². The molecule has 132 valence electrons. The van der Waals surface area contributed by atoms with Gasteiger partial charge in [0, 0.05) is 28.9 Å². The molecule has 0 saturated carbocycles. The SMILES string of the molecule is CCOc1ccccc1CN1C[C@H](C)SC1=Nc1ccc(Cl)cc1Cl. The third kappa shape index (κ3) is 4.63. The van der Waals surface area contributed by atoms with Gasteiger partial charge < -0.3 is 9.64 Å². The Bertz CT molecular complexity index is 782. The van der Waals surface area contributed by atoms with Crippen molar-refractivity contribution in [1.82, 2.24) is 4.90 Å². The summed E-state index contributed by atoms with van der Waals surface area (Å²) in [6, 6.07) is 13.5. The summed E-state index contributed by atoms with van der Waals surface area (Å²) in [4.78, 5) is 7.05. The summed E-state index contributed by atoms with van der Waals surface area (Å²) in [5.41, 5.74) is 1.90. The summed E-state index contributed by atoms with van der Waals surface area (Å²) in [6.45, 7) is 6.56. The lowest BCUT2D eigenvalue weighted by atomic mass is 10.2.